The van der Waals surface area contributed by atoms with Gasteiger partial charge in [-0.3, -0.25) is 14.4 Å². The molecule has 0 unspecified atom stereocenters. The molecule has 8 heteroatoms. The van der Waals surface area contributed by atoms with Crippen LogP contribution in [-0.2, 0) is 19.1 Å². The fraction of sp³-hybridized carbons (Fsp3) is 0.441. The number of carbonyl (C=O) groups is 3. The lowest BCUT2D eigenvalue weighted by Crippen LogP contribution is -2.37. The van der Waals surface area contributed by atoms with Gasteiger partial charge in [-0.05, 0) is 59.6 Å². The number of anilines is 1. The Kier molecular flexibility index (Phi) is 7.77. The van der Waals surface area contributed by atoms with Crippen molar-refractivity contribution < 1.29 is 28.6 Å². The van der Waals surface area contributed by atoms with Gasteiger partial charge in [0.2, 0.25) is 0 Å². The molecule has 0 saturated carbocycles. The quantitative estimate of drug-likeness (QED) is 0.377. The van der Waals surface area contributed by atoms with Gasteiger partial charge >= 0.3 is 0 Å². The third kappa shape index (κ3) is 5.84. The Bertz CT molecular complexity index is 1510. The monoisotopic (exact) mass is 591 g/mol. The predicted octanol–water partition coefficient (Wildman–Crippen LogP) is 7.38. The van der Waals surface area contributed by atoms with E-state index >= 15 is 0 Å². The molecule has 1 aliphatic heterocycles. The number of methoxy groups -OCH3 is 1. The average Bonchev–Trinajstić information content (AvgIpc) is 2.87. The third-order valence-corrected chi connectivity index (χ3v) is 8.46. The van der Waals surface area contributed by atoms with E-state index in [1.807, 2.05) is 32.0 Å². The van der Waals surface area contributed by atoms with E-state index in [1.165, 1.54) is 7.11 Å². The molecule has 0 atom stereocenters. The van der Waals surface area contributed by atoms with Crippen molar-refractivity contribution in [3.8, 4) is 11.5 Å². The molecule has 1 amide bonds. The Morgan fingerprint density at radius 2 is 1.55 bits per heavy atom. The number of amides is 1. The topological polar surface area (TPSA) is 90.9 Å². The number of Topliss-reactive ketones (excluding diaryl/α,β-unsaturated/α-hetero) is 2. The first-order valence-corrected chi connectivity index (χ1v) is 14.6. The minimum Gasteiger partial charge on any atom is -0.493 e. The Morgan fingerprint density at radius 3 is 2.12 bits per heavy atom. The summed E-state index contributed by atoms with van der Waals surface area (Å²) in [7, 11) is 1.49. The van der Waals surface area contributed by atoms with E-state index in [0.717, 1.165) is 11.1 Å². The second-order valence-corrected chi connectivity index (χ2v) is 13.7. The molecular weight excluding hydrogens is 554 g/mol. The number of ketones is 2. The SMILES string of the molecule is COc1cc(C2C3=C(CC(C)(C)CC3=O)OC3=C2C(=O)CC(C)(C)C3)cc(Cl)c1OCC(=O)Nc1cc(C)ccc1C. The second-order valence-electron chi connectivity index (χ2n) is 13.3. The number of rotatable bonds is 6. The van der Waals surface area contributed by atoms with E-state index in [0.29, 0.717) is 65.3 Å². The lowest BCUT2D eigenvalue weighted by molar-refractivity contribution is -0.120. The largest absolute Gasteiger partial charge is 0.493 e. The van der Waals surface area contributed by atoms with E-state index in [-0.39, 0.29) is 45.7 Å². The number of nitrogens with one attached hydrogen (secondary N) is 1. The Balaban J connectivity index is 1.50. The van der Waals surface area contributed by atoms with Crippen LogP contribution < -0.4 is 14.8 Å². The van der Waals surface area contributed by atoms with Gasteiger partial charge in [0.25, 0.3) is 5.91 Å². The molecule has 2 aromatic carbocycles. The van der Waals surface area contributed by atoms with Gasteiger partial charge in [0.1, 0.15) is 11.5 Å². The first kappa shape index (κ1) is 29.9. The van der Waals surface area contributed by atoms with E-state index < -0.39 is 5.92 Å². The van der Waals surface area contributed by atoms with Gasteiger partial charge in [0.05, 0.1) is 12.1 Å². The van der Waals surface area contributed by atoms with Crippen molar-refractivity contribution in [3.05, 3.63) is 74.7 Å². The van der Waals surface area contributed by atoms with Crippen LogP contribution in [0.2, 0.25) is 5.02 Å². The molecular formula is C34H38ClNO6. The maximum atomic E-state index is 13.6. The summed E-state index contributed by atoms with van der Waals surface area (Å²) < 4.78 is 17.9. The lowest BCUT2D eigenvalue weighted by Gasteiger charge is -2.42. The summed E-state index contributed by atoms with van der Waals surface area (Å²) in [5.41, 5.74) is 3.85. The van der Waals surface area contributed by atoms with Gasteiger partial charge in [-0.1, -0.05) is 51.4 Å². The number of aryl methyl sites for hydroxylation is 2. The van der Waals surface area contributed by atoms with E-state index in [2.05, 4.69) is 33.0 Å². The molecule has 0 spiro atoms. The zero-order valence-corrected chi connectivity index (χ0v) is 26.1. The number of allylic oxidation sites excluding steroid dienone is 4. The molecule has 0 bridgehead atoms. The summed E-state index contributed by atoms with van der Waals surface area (Å²) in [5.74, 6) is 0.743. The van der Waals surface area contributed by atoms with Crippen molar-refractivity contribution in [2.75, 3.05) is 19.0 Å². The van der Waals surface area contributed by atoms with Crippen LogP contribution in [0.15, 0.2) is 53.0 Å². The molecule has 5 rings (SSSR count). The summed E-state index contributed by atoms with van der Waals surface area (Å²) in [6.45, 7) is 11.8. The van der Waals surface area contributed by atoms with Crippen LogP contribution in [0.1, 0.15) is 76.0 Å². The average molecular weight is 592 g/mol. The van der Waals surface area contributed by atoms with Gasteiger partial charge in [-0.25, -0.2) is 0 Å². The summed E-state index contributed by atoms with van der Waals surface area (Å²) in [6.07, 6.45) is 1.90. The zero-order valence-electron chi connectivity index (χ0n) is 25.3. The highest BCUT2D eigenvalue weighted by atomic mass is 35.5. The molecule has 42 heavy (non-hydrogen) atoms. The molecule has 0 aromatic heterocycles. The van der Waals surface area contributed by atoms with Crippen LogP contribution in [0.25, 0.3) is 0 Å². The lowest BCUT2D eigenvalue weighted by atomic mass is 9.65. The van der Waals surface area contributed by atoms with Crippen LogP contribution in [0.3, 0.4) is 0 Å². The molecule has 222 valence electrons. The number of hydrogen-bond acceptors (Lipinski definition) is 6. The molecule has 0 saturated heterocycles. The van der Waals surface area contributed by atoms with Crippen molar-refractivity contribution >= 4 is 34.8 Å². The summed E-state index contributed by atoms with van der Waals surface area (Å²) in [5, 5.41) is 3.09. The summed E-state index contributed by atoms with van der Waals surface area (Å²) >= 11 is 6.77. The van der Waals surface area contributed by atoms with Crippen LogP contribution in [-0.4, -0.2) is 31.2 Å². The third-order valence-electron chi connectivity index (χ3n) is 8.18. The number of halogens is 1. The maximum Gasteiger partial charge on any atom is 0.262 e. The summed E-state index contributed by atoms with van der Waals surface area (Å²) in [4.78, 5) is 40.0. The molecule has 1 N–H and O–H groups in total. The van der Waals surface area contributed by atoms with Crippen molar-refractivity contribution in [2.24, 2.45) is 10.8 Å². The highest BCUT2D eigenvalue weighted by Crippen LogP contribution is 2.54. The van der Waals surface area contributed by atoms with Crippen LogP contribution in [0.4, 0.5) is 5.69 Å². The zero-order chi connectivity index (χ0) is 30.6. The smallest absolute Gasteiger partial charge is 0.262 e. The van der Waals surface area contributed by atoms with E-state index in [9.17, 15) is 14.4 Å². The van der Waals surface area contributed by atoms with Crippen LogP contribution in [0.5, 0.6) is 11.5 Å². The Hall–Kier alpha value is -3.58. The molecule has 7 nitrogen and oxygen atoms in total. The predicted molar refractivity (Wildman–Crippen MR) is 162 cm³/mol. The second kappa shape index (κ2) is 10.9. The highest BCUT2D eigenvalue weighted by Gasteiger charge is 2.48. The molecule has 2 aromatic rings. The van der Waals surface area contributed by atoms with E-state index in [1.54, 1.807) is 12.1 Å². The summed E-state index contributed by atoms with van der Waals surface area (Å²) in [6, 6.07) is 9.27. The minimum absolute atomic E-state index is 0.0334. The maximum absolute atomic E-state index is 13.6. The minimum atomic E-state index is -0.621. The molecule has 2 aliphatic carbocycles. The standard InChI is InChI=1S/C34H38ClNO6/c1-18-8-9-19(2)22(10-18)36-28(39)17-41-32-21(35)11-20(12-25(32)40-7)29-30-23(37)13-33(3,4)15-26(30)42-27-16-34(5,6)14-24(38)31(27)29/h8-12,29H,13-17H2,1-7H3,(H,36,39). The van der Waals surface area contributed by atoms with Gasteiger partial charge < -0.3 is 19.5 Å². The van der Waals surface area contributed by atoms with Crippen molar-refractivity contribution in [3.63, 3.8) is 0 Å². The van der Waals surface area contributed by atoms with Gasteiger partial charge in [0, 0.05) is 48.4 Å². The molecule has 0 fully saturated rings. The Labute approximate surface area is 252 Å². The van der Waals surface area contributed by atoms with Crippen molar-refractivity contribution in [1.82, 2.24) is 0 Å². The first-order chi connectivity index (χ1) is 19.7. The van der Waals surface area contributed by atoms with Gasteiger partial charge in [-0.15, -0.1) is 0 Å². The normalized spacial score (nSPS) is 19.6. The number of carbonyl (C=O) groups excluding carboxylic acids is 3. The van der Waals surface area contributed by atoms with Gasteiger partial charge in [0.15, 0.2) is 29.7 Å². The first-order valence-electron chi connectivity index (χ1n) is 14.3. The Morgan fingerprint density at radius 1 is 0.952 bits per heavy atom. The van der Waals surface area contributed by atoms with Crippen LogP contribution in [0, 0.1) is 24.7 Å². The van der Waals surface area contributed by atoms with E-state index in [4.69, 9.17) is 25.8 Å². The van der Waals surface area contributed by atoms with Gasteiger partial charge in [-0.2, -0.15) is 0 Å². The molecule has 1 heterocycles. The number of ether oxygens (including phenoxy) is 3. The molecule has 3 aliphatic rings. The molecule has 0 radical (unpaired) electrons. The highest BCUT2D eigenvalue weighted by molar-refractivity contribution is 6.32. The number of hydrogen-bond donors (Lipinski definition) is 1. The van der Waals surface area contributed by atoms with Crippen LogP contribution >= 0.6 is 11.6 Å². The fourth-order valence-electron chi connectivity index (χ4n) is 6.25. The fourth-order valence-corrected chi connectivity index (χ4v) is 6.52. The van der Waals surface area contributed by atoms with Crippen molar-refractivity contribution in [2.45, 2.75) is 73.1 Å². The van der Waals surface area contributed by atoms with Crippen molar-refractivity contribution in [1.29, 1.82) is 0 Å². The number of benzene rings is 2.